The molecule has 0 radical (unpaired) electrons. The molecule has 0 bridgehead atoms. The van der Waals surface area contributed by atoms with Crippen LogP contribution in [0, 0.1) is 22.7 Å². The lowest BCUT2D eigenvalue weighted by Gasteiger charge is -2.42. The number of hydrogen-bond donors (Lipinski definition) is 0. The maximum absolute atomic E-state index is 10.0. The average Bonchev–Trinajstić information content (AvgIpc) is 2.71. The molecule has 6 heteroatoms. The third-order valence-corrected chi connectivity index (χ3v) is 6.21. The van der Waals surface area contributed by atoms with Gasteiger partial charge in [-0.05, 0) is 93.4 Å². The second kappa shape index (κ2) is 13.3. The Morgan fingerprint density at radius 1 is 0.562 bits per heavy atom. The number of nitrogens with zero attached hydrogens (tertiary/aromatic N) is 6. The Hall–Kier alpha value is -1.50. The standard InChI is InChI=1S/C26H50N6/c1-11-15-31(16-12-2)23(5,6)19-25(9,21-27)29-30-26(10,22-28)20-24(7,8)32(17-13-3)18-14-4/h11-20H2,1-10H3/b30-29+. The zero-order valence-corrected chi connectivity index (χ0v) is 22.8. The maximum Gasteiger partial charge on any atom is 0.166 e. The summed E-state index contributed by atoms with van der Waals surface area (Å²) < 4.78 is 0. The zero-order valence-electron chi connectivity index (χ0n) is 22.8. The Morgan fingerprint density at radius 2 is 0.812 bits per heavy atom. The van der Waals surface area contributed by atoms with E-state index in [1.54, 1.807) is 0 Å². The van der Waals surface area contributed by atoms with Gasteiger partial charge in [-0.3, -0.25) is 9.80 Å². The van der Waals surface area contributed by atoms with Crippen molar-refractivity contribution >= 4 is 0 Å². The molecule has 0 amide bonds. The smallest absolute Gasteiger partial charge is 0.166 e. The van der Waals surface area contributed by atoms with Gasteiger partial charge >= 0.3 is 0 Å². The lowest BCUT2D eigenvalue weighted by Crippen LogP contribution is -2.49. The molecule has 0 heterocycles. The van der Waals surface area contributed by atoms with Crippen LogP contribution < -0.4 is 0 Å². The predicted molar refractivity (Wildman–Crippen MR) is 135 cm³/mol. The summed E-state index contributed by atoms with van der Waals surface area (Å²) in [5.41, 5.74) is -2.32. The van der Waals surface area contributed by atoms with Crippen LogP contribution in [0.25, 0.3) is 0 Å². The highest BCUT2D eigenvalue weighted by Crippen LogP contribution is 2.33. The Morgan fingerprint density at radius 3 is 1.00 bits per heavy atom. The summed E-state index contributed by atoms with van der Waals surface area (Å²) in [5.74, 6) is 0. The first-order chi connectivity index (χ1) is 14.8. The Kier molecular flexibility index (Phi) is 12.6. The van der Waals surface area contributed by atoms with Crippen molar-refractivity contribution in [1.82, 2.24) is 9.80 Å². The number of rotatable bonds is 16. The van der Waals surface area contributed by atoms with Gasteiger partial charge in [0.1, 0.15) is 0 Å². The molecule has 0 spiro atoms. The molecule has 0 aromatic rings. The van der Waals surface area contributed by atoms with Crippen molar-refractivity contribution in [3.05, 3.63) is 0 Å². The van der Waals surface area contributed by atoms with Gasteiger partial charge in [0.15, 0.2) is 11.1 Å². The first kappa shape index (κ1) is 30.5. The van der Waals surface area contributed by atoms with Crippen LogP contribution in [0.3, 0.4) is 0 Å². The maximum atomic E-state index is 10.0. The minimum atomic E-state index is -0.974. The molecule has 6 nitrogen and oxygen atoms in total. The lowest BCUT2D eigenvalue weighted by molar-refractivity contribution is 0.0908. The van der Waals surface area contributed by atoms with Crippen LogP contribution in [0.15, 0.2) is 10.2 Å². The van der Waals surface area contributed by atoms with Crippen LogP contribution in [0.2, 0.25) is 0 Å². The Labute approximate surface area is 199 Å². The van der Waals surface area contributed by atoms with E-state index >= 15 is 0 Å². The zero-order chi connectivity index (χ0) is 25.1. The number of hydrogen-bond acceptors (Lipinski definition) is 6. The molecule has 184 valence electrons. The summed E-state index contributed by atoms with van der Waals surface area (Å²) in [6.07, 6.45) is 5.43. The molecular formula is C26H50N6. The summed E-state index contributed by atoms with van der Waals surface area (Å²) in [6.45, 7) is 25.1. The molecule has 0 N–H and O–H groups in total. The van der Waals surface area contributed by atoms with Gasteiger partial charge in [0, 0.05) is 23.9 Å². The predicted octanol–water partition coefficient (Wildman–Crippen LogP) is 6.58. The minimum Gasteiger partial charge on any atom is -0.298 e. The van der Waals surface area contributed by atoms with E-state index in [1.165, 1.54) is 0 Å². The third kappa shape index (κ3) is 9.55. The molecule has 2 unspecified atom stereocenters. The van der Waals surface area contributed by atoms with Gasteiger partial charge in [0.25, 0.3) is 0 Å². The largest absolute Gasteiger partial charge is 0.298 e. The molecule has 0 rings (SSSR count). The second-order valence-electron chi connectivity index (χ2n) is 10.9. The van der Waals surface area contributed by atoms with E-state index in [-0.39, 0.29) is 11.1 Å². The van der Waals surface area contributed by atoms with E-state index in [2.05, 4.69) is 87.6 Å². The van der Waals surface area contributed by atoms with E-state index in [4.69, 9.17) is 0 Å². The van der Waals surface area contributed by atoms with Crippen molar-refractivity contribution in [2.75, 3.05) is 26.2 Å². The van der Waals surface area contributed by atoms with Crippen molar-refractivity contribution in [3.8, 4) is 12.1 Å². The van der Waals surface area contributed by atoms with Crippen LogP contribution in [-0.4, -0.2) is 58.1 Å². The van der Waals surface area contributed by atoms with E-state index in [0.717, 1.165) is 51.9 Å². The molecule has 0 aromatic heterocycles. The van der Waals surface area contributed by atoms with Crippen molar-refractivity contribution in [2.45, 2.75) is 130 Å². The Balaban J connectivity index is 5.75. The molecule has 32 heavy (non-hydrogen) atoms. The number of nitriles is 2. The normalized spacial score (nSPS) is 16.7. The van der Waals surface area contributed by atoms with E-state index in [0.29, 0.717) is 12.8 Å². The lowest BCUT2D eigenvalue weighted by atomic mass is 9.84. The third-order valence-electron chi connectivity index (χ3n) is 6.21. The highest BCUT2D eigenvalue weighted by atomic mass is 15.2. The summed E-state index contributed by atoms with van der Waals surface area (Å²) in [5, 5.41) is 29.1. The Bertz CT molecular complexity index is 588. The first-order valence-electron chi connectivity index (χ1n) is 12.5. The fraction of sp³-hybridized carbons (Fsp3) is 0.923. The van der Waals surface area contributed by atoms with Gasteiger partial charge in [-0.1, -0.05) is 27.7 Å². The summed E-state index contributed by atoms with van der Waals surface area (Å²) in [7, 11) is 0. The van der Waals surface area contributed by atoms with E-state index in [9.17, 15) is 10.5 Å². The van der Waals surface area contributed by atoms with Crippen LogP contribution in [-0.2, 0) is 0 Å². The van der Waals surface area contributed by atoms with Crippen LogP contribution in [0.5, 0.6) is 0 Å². The van der Waals surface area contributed by atoms with Crippen molar-refractivity contribution in [3.63, 3.8) is 0 Å². The van der Waals surface area contributed by atoms with E-state index in [1.807, 2.05) is 13.8 Å². The van der Waals surface area contributed by atoms with Gasteiger partial charge in [-0.15, -0.1) is 0 Å². The van der Waals surface area contributed by atoms with Crippen molar-refractivity contribution in [2.24, 2.45) is 10.2 Å². The molecule has 0 aliphatic rings. The summed E-state index contributed by atoms with van der Waals surface area (Å²) in [4.78, 5) is 4.89. The van der Waals surface area contributed by atoms with Gasteiger partial charge in [-0.25, -0.2) is 0 Å². The quantitative estimate of drug-likeness (QED) is 0.251. The molecule has 0 aliphatic carbocycles. The fourth-order valence-electron chi connectivity index (χ4n) is 4.84. The fourth-order valence-corrected chi connectivity index (χ4v) is 4.84. The van der Waals surface area contributed by atoms with Gasteiger partial charge in [0.05, 0.1) is 12.1 Å². The van der Waals surface area contributed by atoms with Crippen LogP contribution >= 0.6 is 0 Å². The molecular weight excluding hydrogens is 396 g/mol. The molecule has 2 atom stereocenters. The highest BCUT2D eigenvalue weighted by Gasteiger charge is 2.39. The summed E-state index contributed by atoms with van der Waals surface area (Å²) >= 11 is 0. The van der Waals surface area contributed by atoms with Crippen molar-refractivity contribution in [1.29, 1.82) is 10.5 Å². The minimum absolute atomic E-state index is 0.184. The van der Waals surface area contributed by atoms with Crippen LogP contribution in [0.4, 0.5) is 0 Å². The monoisotopic (exact) mass is 446 g/mol. The SMILES string of the molecule is CCCN(CCC)C(C)(C)CC(C)(C#N)/N=N/C(C)(C#N)CC(C)(C)N(CCC)CCC. The molecule has 0 saturated carbocycles. The van der Waals surface area contributed by atoms with Crippen LogP contribution in [0.1, 0.15) is 108 Å². The van der Waals surface area contributed by atoms with Crippen molar-refractivity contribution < 1.29 is 0 Å². The van der Waals surface area contributed by atoms with Gasteiger partial charge in [-0.2, -0.15) is 20.8 Å². The average molecular weight is 447 g/mol. The topological polar surface area (TPSA) is 78.8 Å². The van der Waals surface area contributed by atoms with E-state index < -0.39 is 11.1 Å². The highest BCUT2D eigenvalue weighted by molar-refractivity contribution is 5.12. The first-order valence-corrected chi connectivity index (χ1v) is 12.5. The number of azo groups is 1. The molecule has 0 fully saturated rings. The van der Waals surface area contributed by atoms with Gasteiger partial charge in [0.2, 0.25) is 0 Å². The molecule has 0 aromatic carbocycles. The second-order valence-corrected chi connectivity index (χ2v) is 10.9. The van der Waals surface area contributed by atoms with Gasteiger partial charge < -0.3 is 0 Å². The molecule has 0 aliphatic heterocycles. The summed E-state index contributed by atoms with van der Waals surface area (Å²) in [6, 6.07) is 4.78. The molecule has 0 saturated heterocycles.